The van der Waals surface area contributed by atoms with Crippen LogP contribution in [0.25, 0.3) is 0 Å². The lowest BCUT2D eigenvalue weighted by Crippen LogP contribution is -2.40. The molecule has 0 radical (unpaired) electrons. The number of aromatic nitrogens is 1. The van der Waals surface area contributed by atoms with Gasteiger partial charge in [0.25, 0.3) is 5.91 Å². The molecule has 1 aliphatic heterocycles. The highest BCUT2D eigenvalue weighted by Gasteiger charge is 2.38. The highest BCUT2D eigenvalue weighted by Crippen LogP contribution is 2.39. The molecular formula is C28H24Cl2F2N2O6S2. The van der Waals surface area contributed by atoms with Gasteiger partial charge in [0.15, 0.2) is 23.2 Å². The molecule has 0 bridgehead atoms. The van der Waals surface area contributed by atoms with Gasteiger partial charge < -0.3 is 19.1 Å². The van der Waals surface area contributed by atoms with Crippen molar-refractivity contribution in [3.05, 3.63) is 73.7 Å². The van der Waals surface area contributed by atoms with E-state index in [0.717, 1.165) is 24.2 Å². The third kappa shape index (κ3) is 7.34. The van der Waals surface area contributed by atoms with Gasteiger partial charge in [-0.3, -0.25) is 14.6 Å². The Bertz CT molecular complexity index is 1450. The molecule has 2 atom stereocenters. The quantitative estimate of drug-likeness (QED) is 0.157. The fourth-order valence-corrected chi connectivity index (χ4v) is 6.71. The fraction of sp³-hybridized carbons (Fsp3) is 0.357. The van der Waals surface area contributed by atoms with Crippen LogP contribution in [0.5, 0.6) is 11.5 Å². The van der Waals surface area contributed by atoms with Gasteiger partial charge in [-0.05, 0) is 54.2 Å². The number of halogens is 4. The number of alkyl halides is 2. The SMILES string of the molecule is O=Cc1ccc(C(=O)N2CCSC2C(=O)OC(Cc2c(Cl)cncc2Cl)c2ccc(OC(F)F)c(OCC3CC3)c2)s1. The molecule has 8 nitrogen and oxygen atoms in total. The molecule has 1 aromatic carbocycles. The maximum Gasteiger partial charge on any atom is 0.387 e. The second-order valence-electron chi connectivity index (χ2n) is 9.59. The lowest BCUT2D eigenvalue weighted by molar-refractivity contribution is -0.151. The minimum Gasteiger partial charge on any atom is -0.489 e. The number of ether oxygens (including phenoxy) is 3. The van der Waals surface area contributed by atoms with E-state index >= 15 is 0 Å². The molecule has 0 N–H and O–H groups in total. The van der Waals surface area contributed by atoms with Crippen LogP contribution in [0.2, 0.25) is 10.0 Å². The van der Waals surface area contributed by atoms with E-state index in [1.54, 1.807) is 12.1 Å². The lowest BCUT2D eigenvalue weighted by Gasteiger charge is -2.26. The van der Waals surface area contributed by atoms with Crippen LogP contribution in [0.1, 0.15) is 49.4 Å². The number of thioether (sulfide) groups is 1. The Morgan fingerprint density at radius 2 is 1.88 bits per heavy atom. The summed E-state index contributed by atoms with van der Waals surface area (Å²) in [5.41, 5.74) is 0.890. The molecule has 1 saturated heterocycles. The third-order valence-corrected chi connectivity index (χ3v) is 9.47. The minimum atomic E-state index is -3.06. The predicted octanol–water partition coefficient (Wildman–Crippen LogP) is 6.69. The first-order chi connectivity index (χ1) is 20.2. The predicted molar refractivity (Wildman–Crippen MR) is 155 cm³/mol. The molecule has 1 saturated carbocycles. The first-order valence-corrected chi connectivity index (χ1v) is 15.5. The van der Waals surface area contributed by atoms with Gasteiger partial charge in [-0.2, -0.15) is 8.78 Å². The van der Waals surface area contributed by atoms with Crippen LogP contribution in [0.15, 0.2) is 42.7 Å². The van der Waals surface area contributed by atoms with Crippen LogP contribution < -0.4 is 9.47 Å². The topological polar surface area (TPSA) is 95.0 Å². The van der Waals surface area contributed by atoms with Crippen molar-refractivity contribution in [2.75, 3.05) is 18.9 Å². The molecule has 0 spiro atoms. The number of hydrogen-bond donors (Lipinski definition) is 0. The average molecular weight is 658 g/mol. The molecule has 42 heavy (non-hydrogen) atoms. The molecule has 5 rings (SSSR count). The second-order valence-corrected chi connectivity index (χ2v) is 12.7. The molecule has 2 aromatic heterocycles. The van der Waals surface area contributed by atoms with Gasteiger partial charge in [0, 0.05) is 31.1 Å². The number of benzene rings is 1. The molecule has 2 unspecified atom stereocenters. The molecule has 14 heteroatoms. The number of pyridine rings is 1. The Labute approximate surface area is 258 Å². The van der Waals surface area contributed by atoms with Gasteiger partial charge in [-0.25, -0.2) is 4.79 Å². The molecule has 3 heterocycles. The fourth-order valence-electron chi connectivity index (χ4n) is 4.31. The zero-order valence-electron chi connectivity index (χ0n) is 21.8. The number of thiophene rings is 1. The molecule has 3 aromatic rings. The first kappa shape index (κ1) is 30.5. The Morgan fingerprint density at radius 3 is 2.55 bits per heavy atom. The summed E-state index contributed by atoms with van der Waals surface area (Å²) in [6, 6.07) is 7.43. The largest absolute Gasteiger partial charge is 0.489 e. The zero-order chi connectivity index (χ0) is 29.8. The van der Waals surface area contributed by atoms with Gasteiger partial charge >= 0.3 is 12.6 Å². The van der Waals surface area contributed by atoms with E-state index in [2.05, 4.69) is 9.72 Å². The molecular weight excluding hydrogens is 633 g/mol. The summed E-state index contributed by atoms with van der Waals surface area (Å²) >= 11 is 15.1. The van der Waals surface area contributed by atoms with Crippen molar-refractivity contribution in [1.29, 1.82) is 0 Å². The second kappa shape index (κ2) is 13.6. The number of nitrogens with zero attached hydrogens (tertiary/aromatic N) is 2. The highest BCUT2D eigenvalue weighted by molar-refractivity contribution is 8.00. The summed E-state index contributed by atoms with van der Waals surface area (Å²) in [5.74, 6) is -0.288. The van der Waals surface area contributed by atoms with Gasteiger partial charge in [-0.15, -0.1) is 23.1 Å². The maximum atomic E-state index is 13.6. The number of carbonyl (C=O) groups excluding carboxylic acids is 3. The lowest BCUT2D eigenvalue weighted by atomic mass is 10.0. The summed E-state index contributed by atoms with van der Waals surface area (Å²) in [4.78, 5) is 44.0. The van der Waals surface area contributed by atoms with Crippen molar-refractivity contribution in [3.63, 3.8) is 0 Å². The third-order valence-electron chi connectivity index (χ3n) is 6.63. The van der Waals surface area contributed by atoms with Crippen LogP contribution in [0.4, 0.5) is 8.78 Å². The average Bonchev–Trinajstić information content (AvgIpc) is 3.44. The highest BCUT2D eigenvalue weighted by atomic mass is 35.5. The normalized spacial score (nSPS) is 17.3. The van der Waals surface area contributed by atoms with Crippen LogP contribution in [-0.4, -0.2) is 58.9 Å². The number of rotatable bonds is 12. The Kier molecular flexibility index (Phi) is 9.87. The number of carbonyl (C=O) groups is 3. The van der Waals surface area contributed by atoms with Gasteiger partial charge in [-0.1, -0.05) is 29.3 Å². The summed E-state index contributed by atoms with van der Waals surface area (Å²) in [7, 11) is 0. The summed E-state index contributed by atoms with van der Waals surface area (Å²) < 4.78 is 42.7. The molecule has 222 valence electrons. The van der Waals surface area contributed by atoms with Crippen molar-refractivity contribution >= 4 is 64.5 Å². The molecule has 2 fully saturated rings. The Morgan fingerprint density at radius 1 is 1.12 bits per heavy atom. The molecule has 1 aliphatic carbocycles. The Balaban J connectivity index is 1.43. The monoisotopic (exact) mass is 656 g/mol. The van der Waals surface area contributed by atoms with Crippen LogP contribution in [0.3, 0.4) is 0 Å². The number of aldehydes is 1. The maximum absolute atomic E-state index is 13.6. The van der Waals surface area contributed by atoms with E-state index < -0.39 is 24.1 Å². The summed E-state index contributed by atoms with van der Waals surface area (Å²) in [6.45, 7) is -2.42. The van der Waals surface area contributed by atoms with Crippen molar-refractivity contribution in [1.82, 2.24) is 9.88 Å². The van der Waals surface area contributed by atoms with Crippen LogP contribution in [-0.2, 0) is 16.0 Å². The summed E-state index contributed by atoms with van der Waals surface area (Å²) in [6.07, 6.45) is 4.50. The van der Waals surface area contributed by atoms with E-state index in [0.29, 0.717) is 52.0 Å². The molecule has 1 amide bonds. The number of esters is 1. The van der Waals surface area contributed by atoms with Crippen molar-refractivity contribution in [2.45, 2.75) is 37.4 Å². The van der Waals surface area contributed by atoms with Crippen molar-refractivity contribution in [3.8, 4) is 11.5 Å². The van der Waals surface area contributed by atoms with Crippen LogP contribution >= 0.6 is 46.3 Å². The zero-order valence-corrected chi connectivity index (χ0v) is 25.0. The number of hydrogen-bond acceptors (Lipinski definition) is 9. The summed E-state index contributed by atoms with van der Waals surface area (Å²) in [5, 5.41) is -0.443. The standard InChI is InChI=1S/C28H24Cl2F2N2O6S2/c29-19-11-33-12-20(30)18(19)10-22(16-3-5-21(40-28(31)32)23(9-16)38-14-15-1-2-15)39-27(37)26-34(7-8-41-26)25(36)24-6-4-17(13-35)42-24/h3-6,9,11-13,15,22,26,28H,1-2,7-8,10,14H2. The minimum absolute atomic E-state index is 0.0298. The van der Waals surface area contributed by atoms with Crippen molar-refractivity contribution < 1.29 is 37.4 Å². The first-order valence-electron chi connectivity index (χ1n) is 12.9. The van der Waals surface area contributed by atoms with E-state index in [-0.39, 0.29) is 33.9 Å². The van der Waals surface area contributed by atoms with E-state index in [1.807, 2.05) is 0 Å². The van der Waals surface area contributed by atoms with E-state index in [1.165, 1.54) is 47.3 Å². The van der Waals surface area contributed by atoms with E-state index in [4.69, 9.17) is 32.7 Å². The smallest absolute Gasteiger partial charge is 0.387 e. The van der Waals surface area contributed by atoms with E-state index in [9.17, 15) is 23.2 Å². The van der Waals surface area contributed by atoms with Gasteiger partial charge in [0.2, 0.25) is 0 Å². The van der Waals surface area contributed by atoms with Gasteiger partial charge in [0.05, 0.1) is 26.4 Å². The Hall–Kier alpha value is -2.93. The van der Waals surface area contributed by atoms with Crippen molar-refractivity contribution in [2.24, 2.45) is 5.92 Å². The number of amides is 1. The molecule has 2 aliphatic rings. The van der Waals surface area contributed by atoms with Gasteiger partial charge in [0.1, 0.15) is 6.10 Å². The van der Waals surface area contributed by atoms with Crippen LogP contribution in [0, 0.1) is 5.92 Å².